The van der Waals surface area contributed by atoms with Crippen molar-refractivity contribution in [2.45, 2.75) is 77.3 Å². The van der Waals surface area contributed by atoms with E-state index in [1.54, 1.807) is 0 Å². The second-order valence-corrected chi connectivity index (χ2v) is 7.94. The first-order valence-corrected chi connectivity index (χ1v) is 8.62. The molecule has 1 aliphatic heterocycles. The van der Waals surface area contributed by atoms with E-state index in [0.29, 0.717) is 5.41 Å². The lowest BCUT2D eigenvalue weighted by Crippen LogP contribution is -2.51. The normalized spacial score (nSPS) is 34.9. The molecule has 1 saturated heterocycles. The van der Waals surface area contributed by atoms with Gasteiger partial charge in [0, 0.05) is 25.2 Å². The molecular weight excluding hydrogens is 232 g/mol. The Kier molecular flexibility index (Phi) is 4.19. The lowest BCUT2D eigenvalue weighted by molar-refractivity contribution is 0.0400. The summed E-state index contributed by atoms with van der Waals surface area (Å²) < 4.78 is 0. The van der Waals surface area contributed by atoms with Crippen LogP contribution in [0.25, 0.3) is 0 Å². The fraction of sp³-hybridized carbons (Fsp3) is 1.00. The zero-order valence-corrected chi connectivity index (χ0v) is 13.0. The molecule has 0 aromatic heterocycles. The Morgan fingerprint density at radius 1 is 1.00 bits per heavy atom. The topological polar surface area (TPSA) is 15.3 Å². The van der Waals surface area contributed by atoms with Gasteiger partial charge >= 0.3 is 0 Å². The first-order valence-electron chi connectivity index (χ1n) is 8.62. The first-order chi connectivity index (χ1) is 9.15. The van der Waals surface area contributed by atoms with Gasteiger partial charge in [0.1, 0.15) is 0 Å². The minimum atomic E-state index is 0.533. The van der Waals surface area contributed by atoms with E-state index >= 15 is 0 Å². The third-order valence-electron chi connectivity index (χ3n) is 5.70. The number of nitrogens with zero attached hydrogens (tertiary/aromatic N) is 1. The molecule has 3 fully saturated rings. The monoisotopic (exact) mass is 264 g/mol. The second-order valence-electron chi connectivity index (χ2n) is 7.94. The maximum atomic E-state index is 3.71. The van der Waals surface area contributed by atoms with Crippen molar-refractivity contribution in [3.63, 3.8) is 0 Å². The summed E-state index contributed by atoms with van der Waals surface area (Å²) in [5.74, 6) is 1.03. The quantitative estimate of drug-likeness (QED) is 0.818. The Morgan fingerprint density at radius 2 is 1.84 bits per heavy atom. The number of hydrogen-bond acceptors (Lipinski definition) is 2. The predicted molar refractivity (Wildman–Crippen MR) is 81.4 cm³/mol. The van der Waals surface area contributed by atoms with Gasteiger partial charge in [0.05, 0.1) is 0 Å². The molecule has 0 amide bonds. The molecule has 1 heterocycles. The Hall–Kier alpha value is -0.0800. The Bertz CT molecular complexity index is 290. The largest absolute Gasteiger partial charge is 0.313 e. The third kappa shape index (κ3) is 3.52. The molecule has 0 aromatic rings. The molecule has 0 aromatic carbocycles. The zero-order chi connectivity index (χ0) is 13.3. The molecule has 3 rings (SSSR count). The Labute approximate surface area is 119 Å². The van der Waals surface area contributed by atoms with E-state index in [1.165, 1.54) is 71.0 Å². The van der Waals surface area contributed by atoms with Crippen molar-refractivity contribution in [2.24, 2.45) is 11.3 Å². The molecule has 1 N–H and O–H groups in total. The summed E-state index contributed by atoms with van der Waals surface area (Å²) in [6, 6.07) is 1.61. The van der Waals surface area contributed by atoms with Gasteiger partial charge in [0.15, 0.2) is 0 Å². The third-order valence-corrected chi connectivity index (χ3v) is 5.70. The lowest BCUT2D eigenvalue weighted by atomic mass is 9.72. The Morgan fingerprint density at radius 3 is 2.47 bits per heavy atom. The van der Waals surface area contributed by atoms with Gasteiger partial charge in [-0.25, -0.2) is 0 Å². The van der Waals surface area contributed by atoms with Gasteiger partial charge in [-0.2, -0.15) is 0 Å². The fourth-order valence-electron chi connectivity index (χ4n) is 4.31. The summed E-state index contributed by atoms with van der Waals surface area (Å²) in [5.41, 5.74) is 0.533. The van der Waals surface area contributed by atoms with Crippen molar-refractivity contribution in [2.75, 3.05) is 19.6 Å². The van der Waals surface area contributed by atoms with E-state index in [4.69, 9.17) is 0 Å². The minimum Gasteiger partial charge on any atom is -0.313 e. The van der Waals surface area contributed by atoms with Crippen LogP contribution in [-0.4, -0.2) is 36.6 Å². The molecule has 2 heteroatoms. The molecule has 0 spiro atoms. The highest BCUT2D eigenvalue weighted by Crippen LogP contribution is 2.41. The van der Waals surface area contributed by atoms with Gasteiger partial charge < -0.3 is 5.32 Å². The fourth-order valence-corrected chi connectivity index (χ4v) is 4.31. The summed E-state index contributed by atoms with van der Waals surface area (Å²) in [5, 5.41) is 3.71. The maximum absolute atomic E-state index is 3.71. The van der Waals surface area contributed by atoms with Crippen LogP contribution in [0.1, 0.15) is 65.2 Å². The number of hydrogen-bond donors (Lipinski definition) is 1. The van der Waals surface area contributed by atoms with Crippen LogP contribution in [0.2, 0.25) is 0 Å². The molecule has 2 unspecified atom stereocenters. The number of rotatable bonds is 5. The smallest absolute Gasteiger partial charge is 0.0195 e. The molecule has 0 radical (unpaired) electrons. The van der Waals surface area contributed by atoms with Crippen molar-refractivity contribution in [3.05, 3.63) is 0 Å². The van der Waals surface area contributed by atoms with Crippen LogP contribution < -0.4 is 5.32 Å². The minimum absolute atomic E-state index is 0.533. The maximum Gasteiger partial charge on any atom is 0.0195 e. The van der Waals surface area contributed by atoms with Crippen molar-refractivity contribution >= 4 is 0 Å². The zero-order valence-electron chi connectivity index (χ0n) is 13.0. The molecule has 19 heavy (non-hydrogen) atoms. The standard InChI is InChI=1S/C17H32N2/c1-17(2)10-4-3-7-16(17)19(12-14-8-9-14)13-15-6-5-11-18-15/h14-16,18H,3-13H2,1-2H3. The van der Waals surface area contributed by atoms with Crippen LogP contribution in [0.4, 0.5) is 0 Å². The summed E-state index contributed by atoms with van der Waals surface area (Å²) in [7, 11) is 0. The van der Waals surface area contributed by atoms with Crippen LogP contribution in [0.5, 0.6) is 0 Å². The summed E-state index contributed by atoms with van der Waals surface area (Å²) in [6.07, 6.45) is 11.5. The van der Waals surface area contributed by atoms with E-state index in [0.717, 1.165) is 18.0 Å². The van der Waals surface area contributed by atoms with Gasteiger partial charge in [-0.15, -0.1) is 0 Å². The van der Waals surface area contributed by atoms with Gasteiger partial charge in [0.25, 0.3) is 0 Å². The van der Waals surface area contributed by atoms with Crippen LogP contribution in [0.3, 0.4) is 0 Å². The van der Waals surface area contributed by atoms with Gasteiger partial charge in [-0.1, -0.05) is 26.7 Å². The average Bonchev–Trinajstić information content (AvgIpc) is 3.02. The summed E-state index contributed by atoms with van der Waals surface area (Å²) in [4.78, 5) is 2.89. The van der Waals surface area contributed by atoms with Crippen molar-refractivity contribution < 1.29 is 0 Å². The molecule has 2 saturated carbocycles. The van der Waals surface area contributed by atoms with Crippen LogP contribution >= 0.6 is 0 Å². The molecular formula is C17H32N2. The predicted octanol–water partition coefficient (Wildman–Crippen LogP) is 3.42. The van der Waals surface area contributed by atoms with E-state index in [9.17, 15) is 0 Å². The molecule has 3 aliphatic rings. The van der Waals surface area contributed by atoms with E-state index in [2.05, 4.69) is 24.1 Å². The van der Waals surface area contributed by atoms with Gasteiger partial charge in [0.2, 0.25) is 0 Å². The number of nitrogens with one attached hydrogen (secondary N) is 1. The van der Waals surface area contributed by atoms with E-state index in [-0.39, 0.29) is 0 Å². The van der Waals surface area contributed by atoms with Crippen LogP contribution in [-0.2, 0) is 0 Å². The average molecular weight is 264 g/mol. The highest BCUT2D eigenvalue weighted by atomic mass is 15.2. The van der Waals surface area contributed by atoms with Crippen molar-refractivity contribution in [1.82, 2.24) is 10.2 Å². The first kappa shape index (κ1) is 13.9. The van der Waals surface area contributed by atoms with E-state index in [1.807, 2.05) is 0 Å². The van der Waals surface area contributed by atoms with Crippen molar-refractivity contribution in [3.8, 4) is 0 Å². The Balaban J connectivity index is 1.65. The summed E-state index contributed by atoms with van der Waals surface area (Å²) >= 11 is 0. The summed E-state index contributed by atoms with van der Waals surface area (Å²) in [6.45, 7) is 8.96. The highest BCUT2D eigenvalue weighted by Gasteiger charge is 2.39. The van der Waals surface area contributed by atoms with Crippen LogP contribution in [0, 0.1) is 11.3 Å². The van der Waals surface area contributed by atoms with Crippen LogP contribution in [0.15, 0.2) is 0 Å². The van der Waals surface area contributed by atoms with Crippen molar-refractivity contribution in [1.29, 1.82) is 0 Å². The highest BCUT2D eigenvalue weighted by molar-refractivity contribution is 4.93. The van der Waals surface area contributed by atoms with E-state index < -0.39 is 0 Å². The molecule has 2 aliphatic carbocycles. The lowest BCUT2D eigenvalue weighted by Gasteiger charge is -2.46. The SMILES string of the molecule is CC1(C)CCCCC1N(CC1CC1)CC1CCCN1. The molecule has 0 bridgehead atoms. The molecule has 2 atom stereocenters. The van der Waals surface area contributed by atoms with Gasteiger partial charge in [-0.3, -0.25) is 4.90 Å². The molecule has 110 valence electrons. The second kappa shape index (κ2) is 5.73. The van der Waals surface area contributed by atoms with Gasteiger partial charge in [-0.05, 0) is 56.4 Å². The molecule has 2 nitrogen and oxygen atoms in total.